The number of sulfonamides is 1. The van der Waals surface area contributed by atoms with Gasteiger partial charge in [0.1, 0.15) is 0 Å². The van der Waals surface area contributed by atoms with Crippen LogP contribution in [0.25, 0.3) is 11.0 Å². The van der Waals surface area contributed by atoms with Crippen LogP contribution in [-0.2, 0) is 29.4 Å². The summed E-state index contributed by atoms with van der Waals surface area (Å²) in [6.07, 6.45) is 0.147. The molecule has 10 heteroatoms. The average Bonchev–Trinajstić information content (AvgIpc) is 3.34. The van der Waals surface area contributed by atoms with Gasteiger partial charge < -0.3 is 20.1 Å². The van der Waals surface area contributed by atoms with E-state index in [1.54, 1.807) is 18.5 Å². The summed E-state index contributed by atoms with van der Waals surface area (Å²) >= 11 is 0. The smallest absolute Gasteiger partial charge is 0.404 e. The van der Waals surface area contributed by atoms with Gasteiger partial charge >= 0.3 is 6.09 Å². The second-order valence-electron chi connectivity index (χ2n) is 10.4. The second-order valence-corrected chi connectivity index (χ2v) is 12.3. The van der Waals surface area contributed by atoms with E-state index in [2.05, 4.69) is 10.3 Å². The van der Waals surface area contributed by atoms with Gasteiger partial charge in [-0.1, -0.05) is 74.5 Å². The van der Waals surface area contributed by atoms with E-state index in [0.29, 0.717) is 17.6 Å². The van der Waals surface area contributed by atoms with Crippen LogP contribution >= 0.6 is 0 Å². The third-order valence-electron chi connectivity index (χ3n) is 6.75. The van der Waals surface area contributed by atoms with Crippen molar-refractivity contribution >= 4 is 27.1 Å². The molecule has 3 aromatic carbocycles. The average molecular weight is 565 g/mol. The monoisotopic (exact) mass is 564 g/mol. The number of fused-ring (bicyclic) bond motifs is 1. The first-order chi connectivity index (χ1) is 19.1. The van der Waals surface area contributed by atoms with Crippen LogP contribution in [0.5, 0.6) is 0 Å². The number of aliphatic hydroxyl groups is 1. The van der Waals surface area contributed by atoms with Crippen molar-refractivity contribution in [2.75, 3.05) is 13.1 Å². The quantitative estimate of drug-likeness (QED) is 0.224. The Hall–Kier alpha value is -3.73. The minimum absolute atomic E-state index is 0.0258. The zero-order valence-corrected chi connectivity index (χ0v) is 23.5. The Morgan fingerprint density at radius 3 is 2.25 bits per heavy atom. The molecule has 0 aliphatic rings. The van der Waals surface area contributed by atoms with Crippen molar-refractivity contribution in [1.82, 2.24) is 19.2 Å². The molecular formula is C30H36N4O5S. The summed E-state index contributed by atoms with van der Waals surface area (Å²) in [5, 5.41) is 22.9. The van der Waals surface area contributed by atoms with E-state index in [1.807, 2.05) is 79.1 Å². The molecule has 0 bridgehead atoms. The summed E-state index contributed by atoms with van der Waals surface area (Å²) in [5.41, 5.74) is 3.39. The highest BCUT2D eigenvalue weighted by atomic mass is 32.2. The minimum Gasteiger partial charge on any atom is -0.465 e. The number of rotatable bonds is 13. The number of nitrogens with zero attached hydrogens (tertiary/aromatic N) is 3. The van der Waals surface area contributed by atoms with Gasteiger partial charge in [0.25, 0.3) is 0 Å². The zero-order valence-electron chi connectivity index (χ0n) is 22.7. The Bertz CT molecular complexity index is 1510. The highest BCUT2D eigenvalue weighted by Crippen LogP contribution is 2.24. The van der Waals surface area contributed by atoms with Crippen molar-refractivity contribution in [3.63, 3.8) is 0 Å². The maximum Gasteiger partial charge on any atom is 0.404 e. The van der Waals surface area contributed by atoms with Crippen LogP contribution in [-0.4, -0.2) is 63.8 Å². The SMILES string of the molecule is CC(C)CN(CC(O)C(Cc1ccccc1)NC(=O)O)S(=O)(=O)c1ccc2ncn(CCc3ccccc3)c2c1. The molecule has 0 spiro atoms. The molecule has 2 unspecified atom stereocenters. The standard InChI is InChI=1S/C30H36N4O5S/c1-22(2)19-34(20-29(35)27(32-30(36)37)17-24-11-7-4-8-12-24)40(38,39)25-13-14-26-28(18-25)33(21-31-26)16-15-23-9-5-3-6-10-23/h3-14,18,21-22,27,29,32,35H,15-17,19-20H2,1-2H3,(H,36,37). The summed E-state index contributed by atoms with van der Waals surface area (Å²) in [6, 6.07) is 23.2. The number of nitrogens with one attached hydrogen (secondary N) is 1. The molecule has 212 valence electrons. The van der Waals surface area contributed by atoms with Crippen molar-refractivity contribution in [2.24, 2.45) is 5.92 Å². The van der Waals surface area contributed by atoms with Crippen LogP contribution in [0.2, 0.25) is 0 Å². The van der Waals surface area contributed by atoms with Crippen LogP contribution in [0.3, 0.4) is 0 Å². The molecule has 9 nitrogen and oxygen atoms in total. The third kappa shape index (κ3) is 7.47. The lowest BCUT2D eigenvalue weighted by Crippen LogP contribution is -2.50. The van der Waals surface area contributed by atoms with Gasteiger partial charge in [0, 0.05) is 19.6 Å². The van der Waals surface area contributed by atoms with Crippen LogP contribution in [0.15, 0.2) is 90.1 Å². The van der Waals surface area contributed by atoms with Crippen molar-refractivity contribution in [2.45, 2.75) is 50.3 Å². The predicted octanol–water partition coefficient (Wildman–Crippen LogP) is 4.17. The first-order valence-electron chi connectivity index (χ1n) is 13.3. The van der Waals surface area contributed by atoms with Gasteiger partial charge in [-0.2, -0.15) is 4.31 Å². The number of hydrogen-bond acceptors (Lipinski definition) is 5. The molecule has 2 atom stereocenters. The van der Waals surface area contributed by atoms with Crippen LogP contribution in [0.4, 0.5) is 4.79 Å². The van der Waals surface area contributed by atoms with Crippen molar-refractivity contribution in [3.8, 4) is 0 Å². The molecule has 1 aromatic heterocycles. The van der Waals surface area contributed by atoms with E-state index in [4.69, 9.17) is 0 Å². The molecule has 0 aliphatic carbocycles. The molecule has 3 N–H and O–H groups in total. The zero-order chi connectivity index (χ0) is 28.7. The molecule has 0 radical (unpaired) electrons. The van der Waals surface area contributed by atoms with Crippen LogP contribution in [0.1, 0.15) is 25.0 Å². The van der Waals surface area contributed by atoms with Crippen LogP contribution < -0.4 is 5.32 Å². The number of aliphatic hydroxyl groups excluding tert-OH is 1. The summed E-state index contributed by atoms with van der Waals surface area (Å²) < 4.78 is 31.0. The number of benzene rings is 3. The number of carboxylic acid groups (broad SMARTS) is 1. The molecular weight excluding hydrogens is 528 g/mol. The Balaban J connectivity index is 1.59. The Morgan fingerprint density at radius 1 is 0.975 bits per heavy atom. The molecule has 4 rings (SSSR count). The summed E-state index contributed by atoms with van der Waals surface area (Å²) in [4.78, 5) is 16.0. The Kier molecular flexibility index (Phi) is 9.57. The van der Waals surface area contributed by atoms with E-state index in [-0.39, 0.29) is 30.3 Å². The van der Waals surface area contributed by atoms with E-state index < -0.39 is 28.3 Å². The second kappa shape index (κ2) is 13.1. The van der Waals surface area contributed by atoms with Crippen molar-refractivity contribution in [3.05, 3.63) is 96.3 Å². The molecule has 0 fully saturated rings. The largest absolute Gasteiger partial charge is 0.465 e. The fourth-order valence-corrected chi connectivity index (χ4v) is 6.38. The highest BCUT2D eigenvalue weighted by Gasteiger charge is 2.31. The molecule has 0 aliphatic heterocycles. The Labute approximate surface area is 235 Å². The molecule has 4 aromatic rings. The summed E-state index contributed by atoms with van der Waals surface area (Å²) in [5.74, 6) is -0.0258. The van der Waals surface area contributed by atoms with E-state index in [9.17, 15) is 23.4 Å². The normalized spacial score (nSPS) is 13.5. The van der Waals surface area contributed by atoms with Gasteiger partial charge in [-0.05, 0) is 48.1 Å². The number of amides is 1. The topological polar surface area (TPSA) is 125 Å². The molecule has 40 heavy (non-hydrogen) atoms. The summed E-state index contributed by atoms with van der Waals surface area (Å²) in [6.45, 7) is 4.33. The number of imidazole rings is 1. The predicted molar refractivity (Wildman–Crippen MR) is 155 cm³/mol. The van der Waals surface area contributed by atoms with Gasteiger partial charge in [0.2, 0.25) is 10.0 Å². The molecule has 1 amide bonds. The molecule has 1 heterocycles. The number of aryl methyl sites for hydroxylation is 2. The maximum atomic E-state index is 13.9. The van der Waals surface area contributed by atoms with Crippen molar-refractivity contribution in [1.29, 1.82) is 0 Å². The van der Waals surface area contributed by atoms with E-state index >= 15 is 0 Å². The Morgan fingerprint density at radius 2 is 1.62 bits per heavy atom. The van der Waals surface area contributed by atoms with Gasteiger partial charge in [-0.25, -0.2) is 18.2 Å². The number of aromatic nitrogens is 2. The van der Waals surface area contributed by atoms with Gasteiger partial charge in [0.15, 0.2) is 0 Å². The van der Waals surface area contributed by atoms with Gasteiger partial charge in [-0.3, -0.25) is 0 Å². The van der Waals surface area contributed by atoms with E-state index in [1.165, 1.54) is 15.9 Å². The lowest BCUT2D eigenvalue weighted by molar-refractivity contribution is 0.0980. The van der Waals surface area contributed by atoms with Crippen molar-refractivity contribution < 1.29 is 23.4 Å². The lowest BCUT2D eigenvalue weighted by atomic mass is 10.0. The number of carbonyl (C=O) groups is 1. The van der Waals surface area contributed by atoms with E-state index in [0.717, 1.165) is 12.0 Å². The summed E-state index contributed by atoms with van der Waals surface area (Å²) in [7, 11) is -4.02. The fraction of sp³-hybridized carbons (Fsp3) is 0.333. The maximum absolute atomic E-state index is 13.9. The molecule has 0 saturated heterocycles. The van der Waals surface area contributed by atoms with Gasteiger partial charge in [-0.15, -0.1) is 0 Å². The lowest BCUT2D eigenvalue weighted by Gasteiger charge is -2.30. The number of hydrogen-bond donors (Lipinski definition) is 3. The molecule has 0 saturated carbocycles. The van der Waals surface area contributed by atoms with Crippen LogP contribution in [0, 0.1) is 5.92 Å². The van der Waals surface area contributed by atoms with Gasteiger partial charge in [0.05, 0.1) is 34.4 Å². The highest BCUT2D eigenvalue weighted by molar-refractivity contribution is 7.89. The minimum atomic E-state index is -4.02. The fourth-order valence-electron chi connectivity index (χ4n) is 4.74. The first-order valence-corrected chi connectivity index (χ1v) is 14.8. The first kappa shape index (κ1) is 29.3. The third-order valence-corrected chi connectivity index (χ3v) is 8.57.